The molecule has 4 rings (SSSR count). The van der Waals surface area contributed by atoms with Gasteiger partial charge in [-0.2, -0.15) is 0 Å². The van der Waals surface area contributed by atoms with Crippen molar-refractivity contribution in [2.24, 2.45) is 0 Å². The first-order valence-electron chi connectivity index (χ1n) is 9.65. The molecule has 7 heteroatoms. The molecule has 0 aromatic carbocycles. The summed E-state index contributed by atoms with van der Waals surface area (Å²) in [6, 6.07) is 5.21. The van der Waals surface area contributed by atoms with Gasteiger partial charge in [-0.25, -0.2) is 15.0 Å². The second-order valence-corrected chi connectivity index (χ2v) is 7.35. The topological polar surface area (TPSA) is 82.5 Å². The van der Waals surface area contributed by atoms with Crippen LogP contribution in [0.3, 0.4) is 0 Å². The number of hydrogen-bond acceptors (Lipinski definition) is 6. The van der Waals surface area contributed by atoms with E-state index in [9.17, 15) is 9.90 Å². The lowest BCUT2D eigenvalue weighted by atomic mass is 9.94. The Bertz CT molecular complexity index is 835. The average molecular weight is 367 g/mol. The van der Waals surface area contributed by atoms with Gasteiger partial charge < -0.3 is 14.9 Å². The van der Waals surface area contributed by atoms with Crippen LogP contribution in [-0.4, -0.2) is 57.0 Å². The number of rotatable bonds is 3. The van der Waals surface area contributed by atoms with Crippen molar-refractivity contribution in [1.29, 1.82) is 0 Å². The highest BCUT2D eigenvalue weighted by atomic mass is 16.3. The molecule has 2 aliphatic heterocycles. The van der Waals surface area contributed by atoms with E-state index in [0.29, 0.717) is 13.1 Å². The summed E-state index contributed by atoms with van der Waals surface area (Å²) in [5.74, 6) is 1.67. The second-order valence-electron chi connectivity index (χ2n) is 7.35. The van der Waals surface area contributed by atoms with Crippen molar-refractivity contribution in [3.05, 3.63) is 41.6 Å². The Morgan fingerprint density at radius 3 is 2.78 bits per heavy atom. The zero-order valence-corrected chi connectivity index (χ0v) is 15.6. The van der Waals surface area contributed by atoms with E-state index in [1.165, 1.54) is 25.1 Å². The zero-order valence-electron chi connectivity index (χ0n) is 15.6. The van der Waals surface area contributed by atoms with E-state index in [0.717, 1.165) is 43.3 Å². The molecule has 2 fully saturated rings. The normalized spacial score (nSPS) is 20.1. The minimum Gasteiger partial charge on any atom is -0.505 e. The van der Waals surface area contributed by atoms with E-state index < -0.39 is 0 Å². The first-order chi connectivity index (χ1) is 13.1. The number of aromatic hydroxyl groups is 1. The van der Waals surface area contributed by atoms with Crippen molar-refractivity contribution in [2.75, 3.05) is 31.1 Å². The Hall–Kier alpha value is -2.70. The molecule has 1 atom stereocenters. The number of aryl methyl sites for hydroxylation is 1. The molecule has 7 nitrogen and oxygen atoms in total. The Kier molecular flexibility index (Phi) is 4.92. The molecule has 0 spiro atoms. The summed E-state index contributed by atoms with van der Waals surface area (Å²) in [5, 5.41) is 9.95. The van der Waals surface area contributed by atoms with E-state index in [1.54, 1.807) is 11.0 Å². The van der Waals surface area contributed by atoms with Gasteiger partial charge in [-0.3, -0.25) is 4.79 Å². The summed E-state index contributed by atoms with van der Waals surface area (Å²) < 4.78 is 0. The fraction of sp³-hybridized carbons (Fsp3) is 0.500. The van der Waals surface area contributed by atoms with E-state index >= 15 is 0 Å². The number of pyridine rings is 1. The monoisotopic (exact) mass is 367 g/mol. The highest BCUT2D eigenvalue weighted by Crippen LogP contribution is 2.30. The molecule has 4 heterocycles. The number of hydrogen-bond donors (Lipinski definition) is 1. The van der Waals surface area contributed by atoms with E-state index in [-0.39, 0.29) is 23.3 Å². The number of aromatic nitrogens is 3. The number of anilines is 1. The van der Waals surface area contributed by atoms with E-state index in [2.05, 4.69) is 25.9 Å². The van der Waals surface area contributed by atoms with Crippen LogP contribution in [0.1, 0.15) is 53.6 Å². The molecule has 2 aromatic rings. The quantitative estimate of drug-likeness (QED) is 0.898. The van der Waals surface area contributed by atoms with Gasteiger partial charge in [-0.1, -0.05) is 0 Å². The SMILES string of the molecule is Cc1nc(C2CCCN(C(=O)c3ncccc3O)C2)cc(N2CCCC2)n1. The highest BCUT2D eigenvalue weighted by Gasteiger charge is 2.29. The molecule has 2 saturated heterocycles. The fourth-order valence-corrected chi connectivity index (χ4v) is 4.01. The van der Waals surface area contributed by atoms with Crippen LogP contribution in [0, 0.1) is 6.92 Å². The van der Waals surface area contributed by atoms with Crippen LogP contribution >= 0.6 is 0 Å². The van der Waals surface area contributed by atoms with Crippen LogP contribution in [0.5, 0.6) is 5.75 Å². The van der Waals surface area contributed by atoms with Gasteiger partial charge in [0.2, 0.25) is 0 Å². The second kappa shape index (κ2) is 7.50. The number of piperidine rings is 1. The van der Waals surface area contributed by atoms with Crippen molar-refractivity contribution >= 4 is 11.7 Å². The van der Waals surface area contributed by atoms with Gasteiger partial charge in [0, 0.05) is 44.4 Å². The smallest absolute Gasteiger partial charge is 0.276 e. The molecule has 0 aliphatic carbocycles. The highest BCUT2D eigenvalue weighted by molar-refractivity contribution is 5.94. The molecule has 1 amide bonds. The van der Waals surface area contributed by atoms with Crippen LogP contribution in [0.25, 0.3) is 0 Å². The molecule has 0 radical (unpaired) electrons. The predicted octanol–water partition coefficient (Wildman–Crippen LogP) is 2.51. The molecular weight excluding hydrogens is 342 g/mol. The van der Waals surface area contributed by atoms with Gasteiger partial charge in [0.25, 0.3) is 5.91 Å². The molecule has 1 unspecified atom stereocenters. The number of carbonyl (C=O) groups excluding carboxylic acids is 1. The molecule has 27 heavy (non-hydrogen) atoms. The molecule has 1 N–H and O–H groups in total. The summed E-state index contributed by atoms with van der Waals surface area (Å²) >= 11 is 0. The molecule has 0 saturated carbocycles. The molecular formula is C20H25N5O2. The third-order valence-corrected chi connectivity index (χ3v) is 5.39. The Morgan fingerprint density at radius 2 is 2.00 bits per heavy atom. The maximum absolute atomic E-state index is 12.8. The van der Waals surface area contributed by atoms with Crippen molar-refractivity contribution in [3.8, 4) is 5.75 Å². The van der Waals surface area contributed by atoms with Crippen molar-refractivity contribution in [1.82, 2.24) is 19.9 Å². The van der Waals surface area contributed by atoms with Crippen LogP contribution < -0.4 is 4.90 Å². The van der Waals surface area contributed by atoms with Crippen LogP contribution in [-0.2, 0) is 0 Å². The van der Waals surface area contributed by atoms with Gasteiger partial charge >= 0.3 is 0 Å². The third-order valence-electron chi connectivity index (χ3n) is 5.39. The molecule has 2 aromatic heterocycles. The lowest BCUT2D eigenvalue weighted by molar-refractivity contribution is 0.0696. The fourth-order valence-electron chi connectivity index (χ4n) is 4.01. The minimum absolute atomic E-state index is 0.0705. The van der Waals surface area contributed by atoms with E-state index in [1.807, 2.05) is 6.92 Å². The summed E-state index contributed by atoms with van der Waals surface area (Å²) in [5.41, 5.74) is 1.13. The maximum atomic E-state index is 12.8. The summed E-state index contributed by atoms with van der Waals surface area (Å²) in [4.78, 5) is 30.2. The van der Waals surface area contributed by atoms with Crippen LogP contribution in [0.15, 0.2) is 24.4 Å². The van der Waals surface area contributed by atoms with Crippen molar-refractivity contribution < 1.29 is 9.90 Å². The Balaban J connectivity index is 1.54. The lowest BCUT2D eigenvalue weighted by Crippen LogP contribution is -2.39. The molecule has 0 bridgehead atoms. The summed E-state index contributed by atoms with van der Waals surface area (Å²) in [6.45, 7) is 5.29. The number of likely N-dealkylation sites (tertiary alicyclic amines) is 1. The predicted molar refractivity (Wildman–Crippen MR) is 102 cm³/mol. The minimum atomic E-state index is -0.219. The van der Waals surface area contributed by atoms with Gasteiger partial charge in [0.1, 0.15) is 17.4 Å². The first kappa shape index (κ1) is 17.7. The average Bonchev–Trinajstić information content (AvgIpc) is 3.22. The standard InChI is InChI=1S/C20H25N5O2/c1-14-22-16(12-18(23-14)24-9-2-3-10-24)15-6-5-11-25(13-15)20(27)19-17(26)7-4-8-21-19/h4,7-8,12,15,26H,2-3,5-6,9-11,13H2,1H3. The summed E-state index contributed by atoms with van der Waals surface area (Å²) in [7, 11) is 0. The van der Waals surface area contributed by atoms with Crippen LogP contribution in [0.2, 0.25) is 0 Å². The van der Waals surface area contributed by atoms with Crippen molar-refractivity contribution in [3.63, 3.8) is 0 Å². The summed E-state index contributed by atoms with van der Waals surface area (Å²) in [6.07, 6.45) is 5.85. The maximum Gasteiger partial charge on any atom is 0.276 e. The number of carbonyl (C=O) groups is 1. The van der Waals surface area contributed by atoms with Crippen LogP contribution in [0.4, 0.5) is 5.82 Å². The van der Waals surface area contributed by atoms with Gasteiger partial charge in [0.05, 0.1) is 5.69 Å². The Morgan fingerprint density at radius 1 is 1.19 bits per heavy atom. The first-order valence-corrected chi connectivity index (χ1v) is 9.65. The van der Waals surface area contributed by atoms with E-state index in [4.69, 9.17) is 0 Å². The third kappa shape index (κ3) is 3.72. The largest absolute Gasteiger partial charge is 0.505 e. The van der Waals surface area contributed by atoms with Gasteiger partial charge in [-0.15, -0.1) is 0 Å². The lowest BCUT2D eigenvalue weighted by Gasteiger charge is -2.32. The van der Waals surface area contributed by atoms with Gasteiger partial charge in [0.15, 0.2) is 5.69 Å². The Labute approximate surface area is 159 Å². The molecule has 2 aliphatic rings. The zero-order chi connectivity index (χ0) is 18.8. The molecule has 142 valence electrons. The van der Waals surface area contributed by atoms with Gasteiger partial charge in [-0.05, 0) is 44.7 Å². The number of amides is 1. The van der Waals surface area contributed by atoms with Crippen molar-refractivity contribution in [2.45, 2.75) is 38.5 Å². The number of nitrogens with zero attached hydrogens (tertiary/aromatic N) is 5.